The Bertz CT molecular complexity index is 1120. The zero-order valence-corrected chi connectivity index (χ0v) is 17.7. The summed E-state index contributed by atoms with van der Waals surface area (Å²) in [7, 11) is 1.71. The van der Waals surface area contributed by atoms with Crippen LogP contribution in [0.1, 0.15) is 15.9 Å². The molecule has 1 aromatic heterocycles. The molecule has 0 bridgehead atoms. The molecule has 3 aromatic rings. The fraction of sp³-hybridized carbons (Fsp3) is 0.158. The number of aryl methyl sites for hydroxylation is 1. The topological polar surface area (TPSA) is 129 Å². The van der Waals surface area contributed by atoms with Crippen molar-refractivity contribution in [3.05, 3.63) is 75.1 Å². The first-order chi connectivity index (χ1) is 14.8. The summed E-state index contributed by atoms with van der Waals surface area (Å²) in [6, 6.07) is 10.8. The minimum Gasteiger partial charge on any atom is -0.452 e. The highest BCUT2D eigenvalue weighted by Crippen LogP contribution is 2.34. The molecule has 0 saturated heterocycles. The van der Waals surface area contributed by atoms with Crippen LogP contribution in [0.2, 0.25) is 5.02 Å². The molecule has 0 atom stereocenters. The van der Waals surface area contributed by atoms with Gasteiger partial charge in [0.25, 0.3) is 11.6 Å². The maximum Gasteiger partial charge on any atom is 0.338 e. The molecule has 3 rings (SSSR count). The number of benzene rings is 2. The molecule has 0 aliphatic carbocycles. The number of nitro groups is 1. The molecule has 0 radical (unpaired) electrons. The third-order valence-corrected chi connectivity index (χ3v) is 5.37. The molecule has 10 nitrogen and oxygen atoms in total. The van der Waals surface area contributed by atoms with E-state index in [1.807, 2.05) is 0 Å². The number of hydrogen-bond donors (Lipinski definition) is 1. The first-order valence-electron chi connectivity index (χ1n) is 8.82. The molecule has 0 fully saturated rings. The number of carbonyl (C=O) groups is 2. The van der Waals surface area contributed by atoms with Gasteiger partial charge in [-0.05, 0) is 41.6 Å². The van der Waals surface area contributed by atoms with Crippen molar-refractivity contribution in [3.8, 4) is 0 Å². The second-order valence-electron chi connectivity index (χ2n) is 6.25. The summed E-state index contributed by atoms with van der Waals surface area (Å²) in [5, 5.41) is 22.7. The fourth-order valence-electron chi connectivity index (χ4n) is 2.41. The minimum absolute atomic E-state index is 0.0421. The van der Waals surface area contributed by atoms with Gasteiger partial charge in [0.15, 0.2) is 11.8 Å². The van der Waals surface area contributed by atoms with E-state index in [1.165, 1.54) is 18.5 Å². The zero-order valence-electron chi connectivity index (χ0n) is 16.1. The van der Waals surface area contributed by atoms with E-state index in [0.29, 0.717) is 15.1 Å². The summed E-state index contributed by atoms with van der Waals surface area (Å²) in [6.07, 6.45) is 1.47. The fourth-order valence-corrected chi connectivity index (χ4v) is 3.38. The highest BCUT2D eigenvalue weighted by molar-refractivity contribution is 7.99. The van der Waals surface area contributed by atoms with Gasteiger partial charge in [-0.25, -0.2) is 4.79 Å². The minimum atomic E-state index is -0.847. The predicted octanol–water partition coefficient (Wildman–Crippen LogP) is 3.00. The number of nitro benzene ring substituents is 1. The summed E-state index contributed by atoms with van der Waals surface area (Å²) in [4.78, 5) is 35.3. The van der Waals surface area contributed by atoms with Gasteiger partial charge in [-0.15, -0.1) is 10.2 Å². The molecule has 1 N–H and O–H groups in total. The first kappa shape index (κ1) is 22.2. The number of nitrogens with one attached hydrogen (secondary N) is 1. The summed E-state index contributed by atoms with van der Waals surface area (Å²) < 4.78 is 6.58. The number of nitrogens with zero attached hydrogens (tertiary/aromatic N) is 4. The number of ether oxygens (including phenoxy) is 1. The van der Waals surface area contributed by atoms with Crippen LogP contribution in [-0.4, -0.2) is 38.2 Å². The third kappa shape index (κ3) is 6.03. The molecule has 0 saturated carbocycles. The number of halogens is 1. The van der Waals surface area contributed by atoms with Crippen LogP contribution in [0.4, 0.5) is 5.69 Å². The second kappa shape index (κ2) is 10.0. The Morgan fingerprint density at radius 1 is 1.26 bits per heavy atom. The molecule has 0 aliphatic rings. The van der Waals surface area contributed by atoms with Crippen LogP contribution in [-0.2, 0) is 23.1 Å². The van der Waals surface area contributed by atoms with Gasteiger partial charge in [-0.3, -0.25) is 14.9 Å². The normalized spacial score (nSPS) is 10.5. The number of carbonyl (C=O) groups excluding carboxylic acids is 2. The molecular formula is C19H16ClN5O5S. The summed E-state index contributed by atoms with van der Waals surface area (Å²) in [6.45, 7) is -0.275. The van der Waals surface area contributed by atoms with E-state index in [0.717, 1.165) is 23.4 Å². The van der Waals surface area contributed by atoms with Crippen LogP contribution in [0.3, 0.4) is 0 Å². The molecule has 31 heavy (non-hydrogen) atoms. The Balaban J connectivity index is 1.59. The zero-order chi connectivity index (χ0) is 22.4. The van der Waals surface area contributed by atoms with E-state index in [-0.39, 0.29) is 17.8 Å². The lowest BCUT2D eigenvalue weighted by Crippen LogP contribution is -2.28. The molecular weight excluding hydrogens is 446 g/mol. The molecule has 0 unspecified atom stereocenters. The average Bonchev–Trinajstić information content (AvgIpc) is 3.16. The standard InChI is InChI=1S/C19H16ClN5O5S/c1-24-11-22-23-19(24)31-16-7-4-13(8-15(16)25(28)29)18(27)30-10-17(26)21-9-12-2-5-14(20)6-3-12/h2-8,11H,9-10H2,1H3,(H,21,26). The van der Waals surface area contributed by atoms with Gasteiger partial charge in [0, 0.05) is 24.7 Å². The van der Waals surface area contributed by atoms with Crippen LogP contribution >= 0.6 is 23.4 Å². The smallest absolute Gasteiger partial charge is 0.338 e. The largest absolute Gasteiger partial charge is 0.452 e. The predicted molar refractivity (Wildman–Crippen MR) is 112 cm³/mol. The molecule has 0 spiro atoms. The van der Waals surface area contributed by atoms with Gasteiger partial charge in [-0.1, -0.05) is 23.7 Å². The van der Waals surface area contributed by atoms with Crippen molar-refractivity contribution in [3.63, 3.8) is 0 Å². The van der Waals surface area contributed by atoms with Crippen molar-refractivity contribution in [1.29, 1.82) is 0 Å². The van der Waals surface area contributed by atoms with E-state index in [9.17, 15) is 19.7 Å². The van der Waals surface area contributed by atoms with Crippen LogP contribution in [0.5, 0.6) is 0 Å². The van der Waals surface area contributed by atoms with E-state index < -0.39 is 23.4 Å². The second-order valence-corrected chi connectivity index (χ2v) is 7.69. The summed E-state index contributed by atoms with van der Waals surface area (Å²) >= 11 is 6.85. The van der Waals surface area contributed by atoms with Crippen LogP contribution in [0, 0.1) is 10.1 Å². The van der Waals surface area contributed by atoms with Crippen molar-refractivity contribution in [1.82, 2.24) is 20.1 Å². The Kier molecular flexibility index (Phi) is 7.21. The van der Waals surface area contributed by atoms with Gasteiger partial charge in [0.05, 0.1) is 15.4 Å². The van der Waals surface area contributed by atoms with Gasteiger partial charge in [0.2, 0.25) is 0 Å². The Hall–Kier alpha value is -3.44. The lowest BCUT2D eigenvalue weighted by atomic mass is 10.2. The number of aromatic nitrogens is 3. The molecule has 2 aromatic carbocycles. The van der Waals surface area contributed by atoms with E-state index >= 15 is 0 Å². The number of hydrogen-bond acceptors (Lipinski definition) is 8. The van der Waals surface area contributed by atoms with Crippen molar-refractivity contribution in [2.45, 2.75) is 16.6 Å². The SMILES string of the molecule is Cn1cnnc1Sc1ccc(C(=O)OCC(=O)NCc2ccc(Cl)cc2)cc1[N+](=O)[O-]. The van der Waals surface area contributed by atoms with Gasteiger partial charge in [-0.2, -0.15) is 0 Å². The maximum absolute atomic E-state index is 12.2. The van der Waals surface area contributed by atoms with E-state index in [2.05, 4.69) is 15.5 Å². The summed E-state index contributed by atoms with van der Waals surface area (Å²) in [5.41, 5.74) is 0.504. The van der Waals surface area contributed by atoms with Crippen molar-refractivity contribution in [2.24, 2.45) is 7.05 Å². The molecule has 12 heteroatoms. The van der Waals surface area contributed by atoms with Gasteiger partial charge in [0.1, 0.15) is 6.33 Å². The number of amides is 1. The lowest BCUT2D eigenvalue weighted by molar-refractivity contribution is -0.387. The number of rotatable bonds is 8. The lowest BCUT2D eigenvalue weighted by Gasteiger charge is -2.08. The quantitative estimate of drug-likeness (QED) is 0.308. The highest BCUT2D eigenvalue weighted by atomic mass is 35.5. The number of esters is 1. The average molecular weight is 462 g/mol. The van der Waals surface area contributed by atoms with Crippen molar-refractivity contribution < 1.29 is 19.2 Å². The van der Waals surface area contributed by atoms with Crippen molar-refractivity contribution >= 4 is 40.9 Å². The highest BCUT2D eigenvalue weighted by Gasteiger charge is 2.21. The van der Waals surface area contributed by atoms with E-state index in [1.54, 1.807) is 35.9 Å². The van der Waals surface area contributed by atoms with Crippen LogP contribution in [0.25, 0.3) is 0 Å². The Morgan fingerprint density at radius 3 is 2.65 bits per heavy atom. The third-order valence-electron chi connectivity index (χ3n) is 4.00. The maximum atomic E-state index is 12.2. The Labute approximate surface area is 185 Å². The van der Waals surface area contributed by atoms with Gasteiger partial charge < -0.3 is 14.6 Å². The molecule has 160 valence electrons. The summed E-state index contributed by atoms with van der Waals surface area (Å²) in [5.74, 6) is -1.35. The van der Waals surface area contributed by atoms with Gasteiger partial charge >= 0.3 is 5.97 Å². The first-order valence-corrected chi connectivity index (χ1v) is 10.0. The molecule has 1 heterocycles. The monoisotopic (exact) mass is 461 g/mol. The van der Waals surface area contributed by atoms with Crippen LogP contribution < -0.4 is 5.32 Å². The Morgan fingerprint density at radius 2 is 2.00 bits per heavy atom. The molecule has 1 amide bonds. The van der Waals surface area contributed by atoms with Crippen LogP contribution in [0.15, 0.2) is 58.8 Å². The van der Waals surface area contributed by atoms with E-state index in [4.69, 9.17) is 16.3 Å². The van der Waals surface area contributed by atoms with Crippen molar-refractivity contribution in [2.75, 3.05) is 6.61 Å². The molecule has 0 aliphatic heterocycles.